The Hall–Kier alpha value is -2.07. The minimum absolute atomic E-state index is 0.00525. The highest BCUT2D eigenvalue weighted by Gasteiger charge is 2.29. The first-order valence-electron chi connectivity index (χ1n) is 6.94. The van der Waals surface area contributed by atoms with Gasteiger partial charge >= 0.3 is 0 Å². The molecule has 1 heterocycles. The van der Waals surface area contributed by atoms with Gasteiger partial charge in [0.2, 0.25) is 0 Å². The number of amides is 1. The molecule has 1 aliphatic heterocycles. The molecule has 5 heteroatoms. The Bertz CT molecular complexity index is 743. The van der Waals surface area contributed by atoms with Crippen LogP contribution in [0.1, 0.15) is 16.7 Å². The number of fused-ring (bicyclic) bond motifs is 1. The molecule has 0 saturated heterocycles. The van der Waals surface area contributed by atoms with E-state index in [1.807, 2.05) is 19.9 Å². The van der Waals surface area contributed by atoms with Crippen LogP contribution in [0, 0.1) is 19.7 Å². The molecule has 2 aromatic rings. The van der Waals surface area contributed by atoms with Crippen LogP contribution < -0.4 is 9.64 Å². The van der Waals surface area contributed by atoms with E-state index in [-0.39, 0.29) is 18.3 Å². The summed E-state index contributed by atoms with van der Waals surface area (Å²) in [5.74, 6) is 0.216. The maximum Gasteiger partial charge on any atom is 0.265 e. The normalized spacial score (nSPS) is 13.8. The van der Waals surface area contributed by atoms with Crippen molar-refractivity contribution in [3.8, 4) is 5.75 Å². The SMILES string of the molecule is Cc1cc2c(c(C)c1Cl)N(Cc1ccc(F)cc1)C(=O)CO2. The second kappa shape index (κ2) is 5.61. The molecular weight excluding hydrogens is 305 g/mol. The highest BCUT2D eigenvalue weighted by Crippen LogP contribution is 2.41. The van der Waals surface area contributed by atoms with Crippen molar-refractivity contribution in [2.75, 3.05) is 11.5 Å². The van der Waals surface area contributed by atoms with Gasteiger partial charge in [-0.25, -0.2) is 4.39 Å². The first-order valence-corrected chi connectivity index (χ1v) is 7.32. The Balaban J connectivity index is 2.04. The number of halogens is 2. The summed E-state index contributed by atoms with van der Waals surface area (Å²) in [5, 5.41) is 0.626. The number of anilines is 1. The molecule has 0 radical (unpaired) electrons. The number of aryl methyl sites for hydroxylation is 1. The molecule has 3 rings (SSSR count). The third kappa shape index (κ3) is 2.55. The molecule has 0 aromatic heterocycles. The number of hydrogen-bond donors (Lipinski definition) is 0. The molecule has 0 saturated carbocycles. The maximum atomic E-state index is 13.0. The van der Waals surface area contributed by atoms with Gasteiger partial charge in [0.1, 0.15) is 11.6 Å². The zero-order valence-electron chi connectivity index (χ0n) is 12.3. The average Bonchev–Trinajstić information content (AvgIpc) is 2.50. The van der Waals surface area contributed by atoms with Crippen LogP contribution in [-0.4, -0.2) is 12.5 Å². The minimum atomic E-state index is -0.299. The van der Waals surface area contributed by atoms with Crippen molar-refractivity contribution >= 4 is 23.2 Å². The molecule has 0 bridgehead atoms. The summed E-state index contributed by atoms with van der Waals surface area (Å²) in [6.45, 7) is 4.12. The van der Waals surface area contributed by atoms with Gasteiger partial charge in [-0.1, -0.05) is 23.7 Å². The zero-order chi connectivity index (χ0) is 15.9. The predicted octanol–water partition coefficient (Wildman–Crippen LogP) is 4.02. The summed E-state index contributed by atoms with van der Waals surface area (Å²) in [6, 6.07) is 7.95. The summed E-state index contributed by atoms with van der Waals surface area (Å²) in [7, 11) is 0. The van der Waals surface area contributed by atoms with Crippen molar-refractivity contribution < 1.29 is 13.9 Å². The van der Waals surface area contributed by atoms with E-state index >= 15 is 0 Å². The number of benzene rings is 2. The molecule has 0 spiro atoms. The summed E-state index contributed by atoms with van der Waals surface area (Å²) in [4.78, 5) is 13.9. The molecule has 0 fully saturated rings. The Morgan fingerprint density at radius 2 is 1.95 bits per heavy atom. The number of rotatable bonds is 2. The number of ether oxygens (including phenoxy) is 1. The molecule has 0 atom stereocenters. The van der Waals surface area contributed by atoms with Gasteiger partial charge in [0.15, 0.2) is 6.61 Å². The predicted molar refractivity (Wildman–Crippen MR) is 84.0 cm³/mol. The van der Waals surface area contributed by atoms with E-state index in [1.165, 1.54) is 12.1 Å². The second-order valence-corrected chi connectivity index (χ2v) is 5.75. The Labute approximate surface area is 133 Å². The fraction of sp³-hybridized carbons (Fsp3) is 0.235. The summed E-state index contributed by atoms with van der Waals surface area (Å²) in [5.41, 5.74) is 3.26. The molecule has 0 aliphatic carbocycles. The molecule has 0 N–H and O–H groups in total. The standard InChI is InChI=1S/C17H15ClFNO2/c1-10-7-14-17(11(2)16(10)18)20(15(21)9-22-14)8-12-3-5-13(19)6-4-12/h3-7H,8-9H2,1-2H3. The van der Waals surface area contributed by atoms with Gasteiger partial charge in [0.25, 0.3) is 5.91 Å². The van der Waals surface area contributed by atoms with E-state index in [0.29, 0.717) is 23.0 Å². The number of carbonyl (C=O) groups excluding carboxylic acids is 1. The molecular formula is C17H15ClFNO2. The van der Waals surface area contributed by atoms with Gasteiger partial charge in [-0.2, -0.15) is 0 Å². The van der Waals surface area contributed by atoms with E-state index < -0.39 is 0 Å². The van der Waals surface area contributed by atoms with Gasteiger partial charge in [-0.3, -0.25) is 4.79 Å². The summed E-state index contributed by atoms with van der Waals surface area (Å²) >= 11 is 6.31. The average molecular weight is 320 g/mol. The van der Waals surface area contributed by atoms with Crippen LogP contribution in [0.2, 0.25) is 5.02 Å². The molecule has 0 unspecified atom stereocenters. The van der Waals surface area contributed by atoms with Gasteiger partial charge in [-0.15, -0.1) is 0 Å². The number of carbonyl (C=O) groups is 1. The van der Waals surface area contributed by atoms with Crippen LogP contribution in [-0.2, 0) is 11.3 Å². The Morgan fingerprint density at radius 3 is 2.64 bits per heavy atom. The maximum absolute atomic E-state index is 13.0. The number of hydrogen-bond acceptors (Lipinski definition) is 2. The first-order chi connectivity index (χ1) is 10.5. The highest BCUT2D eigenvalue weighted by molar-refractivity contribution is 6.32. The lowest BCUT2D eigenvalue weighted by Gasteiger charge is -2.31. The van der Waals surface area contributed by atoms with Crippen LogP contribution >= 0.6 is 11.6 Å². The lowest BCUT2D eigenvalue weighted by Crippen LogP contribution is -2.38. The van der Waals surface area contributed by atoms with Gasteiger partial charge in [0.05, 0.1) is 12.2 Å². The molecule has 1 aliphatic rings. The largest absolute Gasteiger partial charge is 0.482 e. The van der Waals surface area contributed by atoms with Crippen molar-refractivity contribution in [2.24, 2.45) is 0 Å². The first kappa shape index (κ1) is 14.9. The minimum Gasteiger partial charge on any atom is -0.482 e. The second-order valence-electron chi connectivity index (χ2n) is 5.37. The molecule has 3 nitrogen and oxygen atoms in total. The monoisotopic (exact) mass is 319 g/mol. The number of nitrogens with zero attached hydrogens (tertiary/aromatic N) is 1. The lowest BCUT2D eigenvalue weighted by atomic mass is 10.1. The van der Waals surface area contributed by atoms with Crippen LogP contribution in [0.5, 0.6) is 5.75 Å². The zero-order valence-corrected chi connectivity index (χ0v) is 13.1. The van der Waals surface area contributed by atoms with Crippen molar-refractivity contribution in [1.29, 1.82) is 0 Å². The van der Waals surface area contributed by atoms with Gasteiger partial charge < -0.3 is 9.64 Å². The van der Waals surface area contributed by atoms with Crippen LogP contribution in [0.3, 0.4) is 0 Å². The topological polar surface area (TPSA) is 29.5 Å². The third-order valence-corrected chi connectivity index (χ3v) is 4.37. The third-order valence-electron chi connectivity index (χ3n) is 3.79. The molecule has 1 amide bonds. The quantitative estimate of drug-likeness (QED) is 0.836. The van der Waals surface area contributed by atoms with Crippen LogP contribution in [0.4, 0.5) is 10.1 Å². The van der Waals surface area contributed by atoms with Crippen molar-refractivity contribution in [3.05, 3.63) is 57.9 Å². The summed E-state index contributed by atoms with van der Waals surface area (Å²) in [6.07, 6.45) is 0. The molecule has 2 aromatic carbocycles. The van der Waals surface area contributed by atoms with Gasteiger partial charge in [-0.05, 0) is 48.7 Å². The van der Waals surface area contributed by atoms with Crippen molar-refractivity contribution in [2.45, 2.75) is 20.4 Å². The fourth-order valence-corrected chi connectivity index (χ4v) is 2.78. The van der Waals surface area contributed by atoms with E-state index in [2.05, 4.69) is 0 Å². The van der Waals surface area contributed by atoms with Crippen molar-refractivity contribution in [3.63, 3.8) is 0 Å². The molecule has 22 heavy (non-hydrogen) atoms. The molecule has 114 valence electrons. The highest BCUT2D eigenvalue weighted by atomic mass is 35.5. The Kier molecular flexibility index (Phi) is 3.79. The lowest BCUT2D eigenvalue weighted by molar-refractivity contribution is -0.121. The van der Waals surface area contributed by atoms with Crippen molar-refractivity contribution in [1.82, 2.24) is 0 Å². The van der Waals surface area contributed by atoms with E-state index in [0.717, 1.165) is 16.7 Å². The summed E-state index contributed by atoms with van der Waals surface area (Å²) < 4.78 is 18.6. The van der Waals surface area contributed by atoms with E-state index in [9.17, 15) is 9.18 Å². The van der Waals surface area contributed by atoms with Gasteiger partial charge in [0, 0.05) is 5.02 Å². The van der Waals surface area contributed by atoms with E-state index in [1.54, 1.807) is 17.0 Å². The fourth-order valence-electron chi connectivity index (χ4n) is 2.64. The smallest absolute Gasteiger partial charge is 0.265 e. The van der Waals surface area contributed by atoms with Crippen LogP contribution in [0.25, 0.3) is 0 Å². The van der Waals surface area contributed by atoms with Crippen LogP contribution in [0.15, 0.2) is 30.3 Å². The van der Waals surface area contributed by atoms with E-state index in [4.69, 9.17) is 16.3 Å². The Morgan fingerprint density at radius 1 is 1.27 bits per heavy atom.